The van der Waals surface area contributed by atoms with Crippen molar-refractivity contribution in [1.29, 1.82) is 0 Å². The second-order valence-corrected chi connectivity index (χ2v) is 6.51. The van der Waals surface area contributed by atoms with Gasteiger partial charge in [0.25, 0.3) is 5.91 Å². The molecule has 1 amide bonds. The van der Waals surface area contributed by atoms with Crippen molar-refractivity contribution >= 4 is 5.91 Å². The van der Waals surface area contributed by atoms with Gasteiger partial charge in [0, 0.05) is 38.3 Å². The molecule has 4 heteroatoms. The van der Waals surface area contributed by atoms with Crippen LogP contribution in [0.25, 0.3) is 0 Å². The van der Waals surface area contributed by atoms with Gasteiger partial charge >= 0.3 is 0 Å². The minimum atomic E-state index is -0.315. The van der Waals surface area contributed by atoms with Crippen LogP contribution in [0.15, 0.2) is 42.5 Å². The summed E-state index contributed by atoms with van der Waals surface area (Å²) in [7, 11) is 0. The molecule has 0 atom stereocenters. The number of hydrogen-bond donors (Lipinski definition) is 0. The molecule has 1 fully saturated rings. The van der Waals surface area contributed by atoms with Crippen molar-refractivity contribution in [2.75, 3.05) is 26.2 Å². The number of amides is 1. The lowest BCUT2D eigenvalue weighted by molar-refractivity contribution is 0.0628. The van der Waals surface area contributed by atoms with Crippen molar-refractivity contribution in [3.8, 4) is 0 Å². The molecular weight excluding hydrogens is 303 g/mol. The number of nitrogens with zero attached hydrogens (tertiary/aromatic N) is 2. The molecule has 0 aliphatic carbocycles. The van der Waals surface area contributed by atoms with E-state index in [9.17, 15) is 9.18 Å². The van der Waals surface area contributed by atoms with Gasteiger partial charge in [0.2, 0.25) is 0 Å². The summed E-state index contributed by atoms with van der Waals surface area (Å²) < 4.78 is 13.0. The third kappa shape index (κ3) is 3.82. The van der Waals surface area contributed by atoms with Gasteiger partial charge in [0.15, 0.2) is 0 Å². The van der Waals surface area contributed by atoms with Crippen LogP contribution < -0.4 is 0 Å². The molecule has 0 spiro atoms. The fourth-order valence-electron chi connectivity index (χ4n) is 3.10. The van der Waals surface area contributed by atoms with Crippen molar-refractivity contribution in [3.05, 3.63) is 70.5 Å². The highest BCUT2D eigenvalue weighted by molar-refractivity contribution is 5.94. The molecule has 0 saturated carbocycles. The molecule has 0 bridgehead atoms. The number of halogens is 1. The van der Waals surface area contributed by atoms with Crippen molar-refractivity contribution in [3.63, 3.8) is 0 Å². The van der Waals surface area contributed by atoms with Gasteiger partial charge in [-0.25, -0.2) is 4.39 Å². The number of piperazine rings is 1. The van der Waals surface area contributed by atoms with Crippen LogP contribution in [-0.2, 0) is 6.54 Å². The number of benzene rings is 2. The van der Waals surface area contributed by atoms with Gasteiger partial charge in [0.1, 0.15) is 5.82 Å². The van der Waals surface area contributed by atoms with Crippen LogP contribution in [0.5, 0.6) is 0 Å². The lowest BCUT2D eigenvalue weighted by atomic mass is 10.0. The SMILES string of the molecule is Cc1ccc(C)c(CN2CCN(C(=O)c3ccc(F)cc3)CC2)c1. The summed E-state index contributed by atoms with van der Waals surface area (Å²) in [6.07, 6.45) is 0. The standard InChI is InChI=1S/C20H23FN2O/c1-15-3-4-16(2)18(13-15)14-22-9-11-23(12-10-22)20(24)17-5-7-19(21)8-6-17/h3-8,13H,9-12,14H2,1-2H3. The van der Waals surface area contributed by atoms with Gasteiger partial charge in [-0.1, -0.05) is 23.8 Å². The Kier molecular flexibility index (Phi) is 4.95. The van der Waals surface area contributed by atoms with E-state index in [1.165, 1.54) is 28.8 Å². The number of carbonyl (C=O) groups excluding carboxylic acids is 1. The Bertz CT molecular complexity index is 719. The van der Waals surface area contributed by atoms with Gasteiger partial charge in [-0.05, 0) is 49.2 Å². The lowest BCUT2D eigenvalue weighted by Crippen LogP contribution is -2.48. The van der Waals surface area contributed by atoms with Gasteiger partial charge < -0.3 is 4.90 Å². The zero-order chi connectivity index (χ0) is 17.1. The molecule has 1 saturated heterocycles. The van der Waals surface area contributed by atoms with Crippen LogP contribution in [0.2, 0.25) is 0 Å². The van der Waals surface area contributed by atoms with Crippen LogP contribution in [0.4, 0.5) is 4.39 Å². The van der Waals surface area contributed by atoms with E-state index < -0.39 is 0 Å². The molecule has 0 unspecified atom stereocenters. The molecule has 126 valence electrons. The van der Waals surface area contributed by atoms with E-state index in [0.29, 0.717) is 18.7 Å². The highest BCUT2D eigenvalue weighted by atomic mass is 19.1. The van der Waals surface area contributed by atoms with Gasteiger partial charge in [-0.2, -0.15) is 0 Å². The molecule has 1 aliphatic rings. The molecule has 1 aliphatic heterocycles. The van der Waals surface area contributed by atoms with Crippen LogP contribution >= 0.6 is 0 Å². The van der Waals surface area contributed by atoms with E-state index in [-0.39, 0.29) is 11.7 Å². The predicted octanol–water partition coefficient (Wildman–Crippen LogP) is 3.40. The van der Waals surface area contributed by atoms with Gasteiger partial charge in [0.05, 0.1) is 0 Å². The van der Waals surface area contributed by atoms with E-state index >= 15 is 0 Å². The molecule has 0 aromatic heterocycles. The highest BCUT2D eigenvalue weighted by Crippen LogP contribution is 2.16. The predicted molar refractivity (Wildman–Crippen MR) is 93.5 cm³/mol. The summed E-state index contributed by atoms with van der Waals surface area (Å²) in [6, 6.07) is 12.3. The third-order valence-electron chi connectivity index (χ3n) is 4.65. The molecule has 1 heterocycles. The summed E-state index contributed by atoms with van der Waals surface area (Å²) in [6.45, 7) is 8.32. The number of rotatable bonds is 3. The number of carbonyl (C=O) groups is 1. The van der Waals surface area contributed by atoms with Crippen LogP contribution in [0.3, 0.4) is 0 Å². The Hall–Kier alpha value is -2.20. The summed E-state index contributed by atoms with van der Waals surface area (Å²) in [4.78, 5) is 16.7. The lowest BCUT2D eigenvalue weighted by Gasteiger charge is -2.35. The molecule has 2 aromatic carbocycles. The highest BCUT2D eigenvalue weighted by Gasteiger charge is 2.22. The largest absolute Gasteiger partial charge is 0.336 e. The molecule has 2 aromatic rings. The van der Waals surface area contributed by atoms with E-state index in [4.69, 9.17) is 0 Å². The van der Waals surface area contributed by atoms with E-state index in [2.05, 4.69) is 36.9 Å². The monoisotopic (exact) mass is 326 g/mol. The average Bonchev–Trinajstić information content (AvgIpc) is 2.59. The first kappa shape index (κ1) is 16.7. The number of aryl methyl sites for hydroxylation is 2. The smallest absolute Gasteiger partial charge is 0.253 e. The normalized spacial score (nSPS) is 15.5. The Morgan fingerprint density at radius 1 is 1.00 bits per heavy atom. The van der Waals surface area contributed by atoms with Gasteiger partial charge in [-0.15, -0.1) is 0 Å². The van der Waals surface area contributed by atoms with Crippen LogP contribution in [0, 0.1) is 19.7 Å². The maximum Gasteiger partial charge on any atom is 0.253 e. The quantitative estimate of drug-likeness (QED) is 0.863. The molecule has 24 heavy (non-hydrogen) atoms. The molecule has 0 radical (unpaired) electrons. The zero-order valence-electron chi connectivity index (χ0n) is 14.3. The van der Waals surface area contributed by atoms with E-state index in [1.807, 2.05) is 4.90 Å². The Morgan fingerprint density at radius 2 is 1.67 bits per heavy atom. The average molecular weight is 326 g/mol. The third-order valence-corrected chi connectivity index (χ3v) is 4.65. The first-order chi connectivity index (χ1) is 11.5. The molecular formula is C20H23FN2O. The maximum atomic E-state index is 13.0. The number of hydrogen-bond acceptors (Lipinski definition) is 2. The molecule has 3 nitrogen and oxygen atoms in total. The van der Waals surface area contributed by atoms with Crippen molar-refractivity contribution in [2.24, 2.45) is 0 Å². The second kappa shape index (κ2) is 7.14. The van der Waals surface area contributed by atoms with Crippen molar-refractivity contribution in [2.45, 2.75) is 20.4 Å². The molecule has 0 N–H and O–H groups in total. The van der Waals surface area contributed by atoms with Crippen molar-refractivity contribution < 1.29 is 9.18 Å². The zero-order valence-corrected chi connectivity index (χ0v) is 14.3. The maximum absolute atomic E-state index is 13.0. The topological polar surface area (TPSA) is 23.6 Å². The fourth-order valence-corrected chi connectivity index (χ4v) is 3.10. The fraction of sp³-hybridized carbons (Fsp3) is 0.350. The first-order valence-corrected chi connectivity index (χ1v) is 8.36. The van der Waals surface area contributed by atoms with Crippen LogP contribution in [0.1, 0.15) is 27.0 Å². The Balaban J connectivity index is 1.58. The van der Waals surface area contributed by atoms with E-state index in [0.717, 1.165) is 19.6 Å². The summed E-state index contributed by atoms with van der Waals surface area (Å²) >= 11 is 0. The Labute approximate surface area is 142 Å². The summed E-state index contributed by atoms with van der Waals surface area (Å²) in [5.41, 5.74) is 4.50. The van der Waals surface area contributed by atoms with Crippen molar-refractivity contribution in [1.82, 2.24) is 9.80 Å². The minimum absolute atomic E-state index is 0.0126. The summed E-state index contributed by atoms with van der Waals surface area (Å²) in [5, 5.41) is 0. The summed E-state index contributed by atoms with van der Waals surface area (Å²) in [5.74, 6) is -0.328. The van der Waals surface area contributed by atoms with Crippen LogP contribution in [-0.4, -0.2) is 41.9 Å². The van der Waals surface area contributed by atoms with E-state index in [1.54, 1.807) is 12.1 Å². The second-order valence-electron chi connectivity index (χ2n) is 6.51. The first-order valence-electron chi connectivity index (χ1n) is 8.36. The van der Waals surface area contributed by atoms with Gasteiger partial charge in [-0.3, -0.25) is 9.69 Å². The molecule has 3 rings (SSSR count). The minimum Gasteiger partial charge on any atom is -0.336 e. The Morgan fingerprint density at radius 3 is 2.33 bits per heavy atom.